The molecule has 0 N–H and O–H groups in total. The summed E-state index contributed by atoms with van der Waals surface area (Å²) in [5.41, 5.74) is 3.46. The maximum absolute atomic E-state index is 12.8. The largest absolute Gasteiger partial charge is 0.491 e. The molecular weight excluding hydrogens is 480 g/mol. The zero-order chi connectivity index (χ0) is 26.8. The highest BCUT2D eigenvalue weighted by Gasteiger charge is 2.39. The second-order valence-electron chi connectivity index (χ2n) is 8.69. The van der Waals surface area contributed by atoms with Crippen molar-refractivity contribution in [2.45, 2.75) is 25.9 Å². The molecule has 0 aliphatic heterocycles. The smallest absolute Gasteiger partial charge is 0.342 e. The molecule has 0 spiro atoms. The molecule has 1 atom stereocenters. The number of allylic oxidation sites excluding steroid dienone is 2. The molecule has 0 amide bonds. The van der Waals surface area contributed by atoms with Gasteiger partial charge in [-0.1, -0.05) is 66.7 Å². The first-order valence-corrected chi connectivity index (χ1v) is 12.8. The van der Waals surface area contributed by atoms with Gasteiger partial charge in [0.25, 0.3) is 0 Å². The van der Waals surface area contributed by atoms with Crippen LogP contribution in [0.3, 0.4) is 0 Å². The fourth-order valence-electron chi connectivity index (χ4n) is 4.18. The van der Waals surface area contributed by atoms with Crippen LogP contribution in [0.2, 0.25) is 0 Å². The molecule has 1 aliphatic rings. The van der Waals surface area contributed by atoms with Crippen LogP contribution < -0.4 is 4.74 Å². The number of benzene rings is 3. The summed E-state index contributed by atoms with van der Waals surface area (Å²) in [7, 11) is 0. The van der Waals surface area contributed by atoms with Crippen LogP contribution in [0.5, 0.6) is 5.75 Å². The average molecular weight is 513 g/mol. The summed E-state index contributed by atoms with van der Waals surface area (Å²) in [5.74, 6) is -0.0415. The van der Waals surface area contributed by atoms with Crippen molar-refractivity contribution in [2.75, 3.05) is 26.4 Å². The lowest BCUT2D eigenvalue weighted by Crippen LogP contribution is -2.42. The van der Waals surface area contributed by atoms with Gasteiger partial charge < -0.3 is 18.9 Å². The van der Waals surface area contributed by atoms with E-state index in [1.807, 2.05) is 78.9 Å². The highest BCUT2D eigenvalue weighted by Crippen LogP contribution is 2.31. The van der Waals surface area contributed by atoms with Crippen LogP contribution in [0.4, 0.5) is 0 Å². The minimum atomic E-state index is -1.17. The minimum Gasteiger partial charge on any atom is -0.491 e. The Balaban J connectivity index is 1.32. The Morgan fingerprint density at radius 1 is 0.763 bits per heavy atom. The number of esters is 2. The quantitative estimate of drug-likeness (QED) is 0.223. The lowest BCUT2D eigenvalue weighted by atomic mass is 9.89. The predicted octanol–water partition coefficient (Wildman–Crippen LogP) is 6.27. The predicted molar refractivity (Wildman–Crippen MR) is 147 cm³/mol. The molecule has 38 heavy (non-hydrogen) atoms. The van der Waals surface area contributed by atoms with Crippen molar-refractivity contribution in [1.29, 1.82) is 0 Å². The molecule has 0 fully saturated rings. The summed E-state index contributed by atoms with van der Waals surface area (Å²) in [5, 5.41) is 0. The van der Waals surface area contributed by atoms with Gasteiger partial charge in [-0.15, -0.1) is 0 Å². The summed E-state index contributed by atoms with van der Waals surface area (Å²) in [6, 6.07) is 25.0. The number of carbonyl (C=O) groups excluding carboxylic acids is 2. The first-order chi connectivity index (χ1) is 18.5. The Hall–Kier alpha value is -4.16. The topological polar surface area (TPSA) is 71.1 Å². The Bertz CT molecular complexity index is 1280. The number of ether oxygens (including phenoxy) is 4. The second kappa shape index (κ2) is 12.9. The van der Waals surface area contributed by atoms with Crippen molar-refractivity contribution in [3.8, 4) is 16.9 Å². The third-order valence-corrected chi connectivity index (χ3v) is 6.18. The van der Waals surface area contributed by atoms with Crippen LogP contribution in [0.25, 0.3) is 16.7 Å². The Morgan fingerprint density at radius 2 is 1.42 bits per heavy atom. The third-order valence-electron chi connectivity index (χ3n) is 6.18. The van der Waals surface area contributed by atoms with E-state index in [1.54, 1.807) is 32.1 Å². The van der Waals surface area contributed by atoms with Gasteiger partial charge in [-0.25, -0.2) is 9.59 Å². The zero-order valence-corrected chi connectivity index (χ0v) is 21.7. The highest BCUT2D eigenvalue weighted by molar-refractivity contribution is 5.90. The average Bonchev–Trinajstić information content (AvgIpc) is 2.97. The standard InChI is InChI=1S/C32H32O6/c1-3-35-30(33)28-12-10-25(11-13-28)26-14-16-29(17-15-26)37-22-23-38-32(31(34)36-4-2)20-18-27(19-21-32)24-8-6-5-7-9-24/h5-20H,3-4,21-23H2,1-2H3. The van der Waals surface area contributed by atoms with E-state index in [0.717, 1.165) is 22.3 Å². The Morgan fingerprint density at radius 3 is 2.03 bits per heavy atom. The van der Waals surface area contributed by atoms with Crippen molar-refractivity contribution in [1.82, 2.24) is 0 Å². The third kappa shape index (κ3) is 6.58. The number of carbonyl (C=O) groups is 2. The van der Waals surface area contributed by atoms with Crippen LogP contribution >= 0.6 is 0 Å². The highest BCUT2D eigenvalue weighted by atomic mass is 16.6. The first kappa shape index (κ1) is 26.9. The lowest BCUT2D eigenvalue weighted by molar-refractivity contribution is -0.166. The molecule has 0 aromatic heterocycles. The van der Waals surface area contributed by atoms with Crippen molar-refractivity contribution < 1.29 is 28.5 Å². The molecule has 6 heteroatoms. The SMILES string of the molecule is CCOC(=O)c1ccc(-c2ccc(OCCOC3(C(=O)OCC)C=CC(c4ccccc4)=CC3)cc2)cc1. The lowest BCUT2D eigenvalue weighted by Gasteiger charge is -2.30. The molecule has 0 heterocycles. The zero-order valence-electron chi connectivity index (χ0n) is 21.7. The van der Waals surface area contributed by atoms with Crippen molar-refractivity contribution in [2.24, 2.45) is 0 Å². The van der Waals surface area contributed by atoms with Gasteiger partial charge in [0.2, 0.25) is 0 Å². The summed E-state index contributed by atoms with van der Waals surface area (Å²) >= 11 is 0. The van der Waals surface area contributed by atoms with Crippen LogP contribution in [0, 0.1) is 0 Å². The molecule has 1 aliphatic carbocycles. The normalized spacial score (nSPS) is 16.4. The maximum Gasteiger partial charge on any atom is 0.342 e. The van der Waals surface area contributed by atoms with Crippen molar-refractivity contribution >= 4 is 17.5 Å². The molecule has 196 valence electrons. The fraction of sp³-hybridized carbons (Fsp3) is 0.250. The van der Waals surface area contributed by atoms with Crippen LogP contribution in [-0.4, -0.2) is 44.0 Å². The van der Waals surface area contributed by atoms with Gasteiger partial charge >= 0.3 is 11.9 Å². The van der Waals surface area contributed by atoms with E-state index >= 15 is 0 Å². The van der Waals surface area contributed by atoms with Crippen molar-refractivity contribution in [3.63, 3.8) is 0 Å². The van der Waals surface area contributed by atoms with E-state index in [2.05, 4.69) is 0 Å². The number of rotatable bonds is 11. The molecule has 0 saturated heterocycles. The summed E-state index contributed by atoms with van der Waals surface area (Å²) < 4.78 is 22.3. The maximum atomic E-state index is 12.8. The van der Waals surface area contributed by atoms with Gasteiger partial charge in [0.1, 0.15) is 12.4 Å². The van der Waals surface area contributed by atoms with Gasteiger partial charge in [0, 0.05) is 6.42 Å². The Kier molecular flexibility index (Phi) is 9.11. The van der Waals surface area contributed by atoms with E-state index in [1.165, 1.54) is 0 Å². The summed E-state index contributed by atoms with van der Waals surface area (Å²) in [6.07, 6.45) is 6.09. The van der Waals surface area contributed by atoms with E-state index in [4.69, 9.17) is 18.9 Å². The molecule has 3 aromatic carbocycles. The Labute approximate surface area is 223 Å². The van der Waals surface area contributed by atoms with E-state index < -0.39 is 11.6 Å². The summed E-state index contributed by atoms with van der Waals surface area (Å²) in [6.45, 7) is 4.69. The minimum absolute atomic E-state index is 0.217. The number of hydrogen-bond acceptors (Lipinski definition) is 6. The molecular formula is C32H32O6. The summed E-state index contributed by atoms with van der Waals surface area (Å²) in [4.78, 5) is 24.6. The van der Waals surface area contributed by atoms with Gasteiger partial charge in [0.15, 0.2) is 5.60 Å². The monoisotopic (exact) mass is 512 g/mol. The van der Waals surface area contributed by atoms with Crippen LogP contribution in [0.15, 0.2) is 97.1 Å². The van der Waals surface area contributed by atoms with Gasteiger partial charge in [0.05, 0.1) is 25.4 Å². The molecule has 4 rings (SSSR count). The van der Waals surface area contributed by atoms with Crippen LogP contribution in [-0.2, 0) is 19.0 Å². The van der Waals surface area contributed by atoms with E-state index in [0.29, 0.717) is 24.3 Å². The van der Waals surface area contributed by atoms with Gasteiger partial charge in [-0.2, -0.15) is 0 Å². The molecule has 3 aromatic rings. The van der Waals surface area contributed by atoms with E-state index in [9.17, 15) is 9.59 Å². The molecule has 0 bridgehead atoms. The molecule has 0 saturated carbocycles. The van der Waals surface area contributed by atoms with Gasteiger partial charge in [-0.3, -0.25) is 0 Å². The molecule has 6 nitrogen and oxygen atoms in total. The number of hydrogen-bond donors (Lipinski definition) is 0. The van der Waals surface area contributed by atoms with Gasteiger partial charge in [-0.05, 0) is 66.5 Å². The van der Waals surface area contributed by atoms with Crippen LogP contribution in [0.1, 0.15) is 36.2 Å². The second-order valence-corrected chi connectivity index (χ2v) is 8.69. The molecule has 0 radical (unpaired) electrons. The van der Waals surface area contributed by atoms with E-state index in [-0.39, 0.29) is 25.8 Å². The first-order valence-electron chi connectivity index (χ1n) is 12.8. The molecule has 1 unspecified atom stereocenters. The fourth-order valence-corrected chi connectivity index (χ4v) is 4.18. The van der Waals surface area contributed by atoms with Crippen molar-refractivity contribution in [3.05, 3.63) is 108 Å².